The van der Waals surface area contributed by atoms with E-state index in [9.17, 15) is 27.2 Å². The third kappa shape index (κ3) is 4.73. The van der Waals surface area contributed by atoms with Gasteiger partial charge in [0.15, 0.2) is 0 Å². The fraction of sp³-hybridized carbons (Fsp3) is 0.286. The van der Waals surface area contributed by atoms with E-state index in [1.807, 2.05) is 0 Å². The van der Waals surface area contributed by atoms with E-state index in [2.05, 4.69) is 20.6 Å². The van der Waals surface area contributed by atoms with Gasteiger partial charge in [0, 0.05) is 48.1 Å². The van der Waals surface area contributed by atoms with Crippen LogP contribution in [0.25, 0.3) is 33.6 Å². The molecule has 2 saturated carbocycles. The average molecular weight is 539 g/mol. The molecule has 39 heavy (non-hydrogen) atoms. The van der Waals surface area contributed by atoms with E-state index in [0.29, 0.717) is 22.6 Å². The molecule has 2 aliphatic carbocycles. The zero-order valence-electron chi connectivity index (χ0n) is 20.7. The first-order valence-corrected chi connectivity index (χ1v) is 12.4. The SMILES string of the molecule is CNC(=O)c1c(-c2ccc(F)cc2)oc2nc(CCC(F)(F)F)c(-c3cncc(C(=O)NC45CC4C5)c3)cc12. The van der Waals surface area contributed by atoms with Gasteiger partial charge in [-0.2, -0.15) is 13.2 Å². The number of pyridine rings is 2. The second-order valence-corrected chi connectivity index (χ2v) is 10.0. The molecule has 3 aromatic heterocycles. The second-order valence-electron chi connectivity index (χ2n) is 10.0. The molecule has 0 atom stereocenters. The molecule has 0 saturated heterocycles. The van der Waals surface area contributed by atoms with Crippen LogP contribution in [0.5, 0.6) is 0 Å². The molecule has 11 heteroatoms. The summed E-state index contributed by atoms with van der Waals surface area (Å²) in [6, 6.07) is 8.36. The molecule has 0 bridgehead atoms. The lowest BCUT2D eigenvalue weighted by molar-refractivity contribution is -0.134. The van der Waals surface area contributed by atoms with E-state index in [4.69, 9.17) is 4.42 Å². The summed E-state index contributed by atoms with van der Waals surface area (Å²) in [5, 5.41) is 5.80. The van der Waals surface area contributed by atoms with Crippen LogP contribution in [0.3, 0.4) is 0 Å². The zero-order chi connectivity index (χ0) is 27.5. The van der Waals surface area contributed by atoms with Crippen molar-refractivity contribution in [1.82, 2.24) is 20.6 Å². The summed E-state index contributed by atoms with van der Waals surface area (Å²) in [6.45, 7) is 0. The number of carbonyl (C=O) groups is 2. The van der Waals surface area contributed by atoms with Gasteiger partial charge in [0.25, 0.3) is 11.8 Å². The molecule has 7 nitrogen and oxygen atoms in total. The number of nitrogens with zero attached hydrogens (tertiary/aromatic N) is 2. The number of benzene rings is 1. The molecule has 0 spiro atoms. The van der Waals surface area contributed by atoms with Crippen molar-refractivity contribution in [1.29, 1.82) is 0 Å². The highest BCUT2D eigenvalue weighted by Crippen LogP contribution is 2.66. The third-order valence-electron chi connectivity index (χ3n) is 7.32. The van der Waals surface area contributed by atoms with E-state index in [1.54, 1.807) is 6.07 Å². The fourth-order valence-electron chi connectivity index (χ4n) is 4.83. The van der Waals surface area contributed by atoms with Crippen LogP contribution in [0.15, 0.2) is 53.2 Å². The van der Waals surface area contributed by atoms with Crippen molar-refractivity contribution in [2.75, 3.05) is 7.05 Å². The van der Waals surface area contributed by atoms with Gasteiger partial charge in [0.2, 0.25) is 5.71 Å². The van der Waals surface area contributed by atoms with Gasteiger partial charge in [0.05, 0.1) is 22.2 Å². The van der Waals surface area contributed by atoms with Crippen LogP contribution in [-0.4, -0.2) is 40.5 Å². The number of aromatic nitrogens is 2. The summed E-state index contributed by atoms with van der Waals surface area (Å²) in [6.07, 6.45) is -1.29. The maximum Gasteiger partial charge on any atom is 0.389 e. The van der Waals surface area contributed by atoms with Gasteiger partial charge in [0.1, 0.15) is 11.6 Å². The smallest absolute Gasteiger partial charge is 0.389 e. The first-order valence-electron chi connectivity index (χ1n) is 12.4. The lowest BCUT2D eigenvalue weighted by Gasteiger charge is -2.12. The van der Waals surface area contributed by atoms with Crippen LogP contribution in [0.2, 0.25) is 0 Å². The van der Waals surface area contributed by atoms with Gasteiger partial charge < -0.3 is 15.1 Å². The molecule has 2 aliphatic rings. The van der Waals surface area contributed by atoms with Crippen LogP contribution in [0.4, 0.5) is 17.6 Å². The predicted octanol–water partition coefficient (Wildman–Crippen LogP) is 5.44. The Morgan fingerprint density at radius 3 is 2.44 bits per heavy atom. The normalized spacial score (nSPS) is 19.5. The lowest BCUT2D eigenvalue weighted by atomic mass is 9.98. The van der Waals surface area contributed by atoms with Gasteiger partial charge in [-0.05, 0) is 61.6 Å². The van der Waals surface area contributed by atoms with Crippen molar-refractivity contribution >= 4 is 22.9 Å². The molecule has 1 aromatic carbocycles. The summed E-state index contributed by atoms with van der Waals surface area (Å²) in [4.78, 5) is 34.3. The zero-order valence-corrected chi connectivity index (χ0v) is 20.7. The van der Waals surface area contributed by atoms with Crippen molar-refractivity contribution in [3.8, 4) is 22.5 Å². The van der Waals surface area contributed by atoms with Gasteiger partial charge in [-0.3, -0.25) is 14.6 Å². The Balaban J connectivity index is 1.49. The van der Waals surface area contributed by atoms with Crippen LogP contribution in [-0.2, 0) is 6.42 Å². The van der Waals surface area contributed by atoms with E-state index >= 15 is 0 Å². The largest absolute Gasteiger partial charge is 0.437 e. The Hall–Kier alpha value is -4.28. The number of nitrogens with one attached hydrogen (secondary N) is 2. The summed E-state index contributed by atoms with van der Waals surface area (Å²) in [5.41, 5.74) is 1.36. The number of fused-ring (bicyclic) bond motifs is 2. The highest BCUT2D eigenvalue weighted by molar-refractivity contribution is 6.11. The topological polar surface area (TPSA) is 97.1 Å². The molecule has 2 amide bonds. The number of hydrogen-bond donors (Lipinski definition) is 2. The van der Waals surface area contributed by atoms with Crippen molar-refractivity contribution < 1.29 is 31.6 Å². The van der Waals surface area contributed by atoms with Crippen molar-refractivity contribution in [2.24, 2.45) is 5.92 Å². The van der Waals surface area contributed by atoms with Gasteiger partial charge in [-0.25, -0.2) is 9.37 Å². The second kappa shape index (κ2) is 8.89. The predicted molar refractivity (Wildman–Crippen MR) is 133 cm³/mol. The highest BCUT2D eigenvalue weighted by atomic mass is 19.4. The lowest BCUT2D eigenvalue weighted by Crippen LogP contribution is -2.30. The molecular weight excluding hydrogens is 516 g/mol. The molecule has 0 unspecified atom stereocenters. The van der Waals surface area contributed by atoms with Crippen LogP contribution < -0.4 is 10.6 Å². The number of furan rings is 1. The number of halogens is 4. The van der Waals surface area contributed by atoms with Crippen molar-refractivity contribution in [3.05, 3.63) is 71.4 Å². The molecule has 6 rings (SSSR count). The number of carbonyl (C=O) groups excluding carboxylic acids is 2. The number of rotatable bonds is 7. The average Bonchev–Trinajstić information content (AvgIpc) is 3.73. The highest BCUT2D eigenvalue weighted by Gasteiger charge is 2.70. The number of hydrogen-bond acceptors (Lipinski definition) is 5. The summed E-state index contributed by atoms with van der Waals surface area (Å²) in [5.74, 6) is -0.676. The van der Waals surface area contributed by atoms with Crippen LogP contribution >= 0.6 is 0 Å². The molecule has 200 valence electrons. The quantitative estimate of drug-likeness (QED) is 0.306. The Morgan fingerprint density at radius 2 is 1.79 bits per heavy atom. The van der Waals surface area contributed by atoms with Crippen molar-refractivity contribution in [2.45, 2.75) is 37.4 Å². The fourth-order valence-corrected chi connectivity index (χ4v) is 4.83. The summed E-state index contributed by atoms with van der Waals surface area (Å²) in [7, 11) is 1.43. The van der Waals surface area contributed by atoms with E-state index in [1.165, 1.54) is 49.8 Å². The molecule has 0 aliphatic heterocycles. The van der Waals surface area contributed by atoms with Crippen LogP contribution in [0.1, 0.15) is 45.7 Å². The van der Waals surface area contributed by atoms with Gasteiger partial charge in [-0.1, -0.05) is 0 Å². The van der Waals surface area contributed by atoms with Gasteiger partial charge in [-0.15, -0.1) is 0 Å². The Labute approximate surface area is 219 Å². The van der Waals surface area contributed by atoms with Crippen molar-refractivity contribution in [3.63, 3.8) is 0 Å². The minimum Gasteiger partial charge on any atom is -0.437 e. The summed E-state index contributed by atoms with van der Waals surface area (Å²) < 4.78 is 59.0. The third-order valence-corrected chi connectivity index (χ3v) is 7.32. The Morgan fingerprint density at radius 1 is 1.08 bits per heavy atom. The molecule has 2 N–H and O–H groups in total. The Bertz CT molecular complexity index is 1620. The first kappa shape index (κ1) is 25.0. The number of amides is 2. The standard InChI is InChI=1S/C28H22F4N4O3/c1-33-25(38)22-20-9-19(15-8-16(13-34-12-15)24(37)36-27-10-17(27)11-27)21(6-7-28(30,31)32)35-26(20)39-23(22)14-2-4-18(29)5-3-14/h2-5,8-9,12-13,17H,6-7,10-11H2,1H3,(H,33,38)(H,36,37). The molecule has 4 aromatic rings. The molecular formula is C28H22F4N4O3. The molecule has 0 radical (unpaired) electrons. The first-order chi connectivity index (χ1) is 18.6. The minimum atomic E-state index is -4.44. The molecule has 3 heterocycles. The number of aryl methyl sites for hydroxylation is 1. The maximum absolute atomic E-state index is 13.5. The Kier molecular flexibility index (Phi) is 5.70. The summed E-state index contributed by atoms with van der Waals surface area (Å²) >= 11 is 0. The van der Waals surface area contributed by atoms with E-state index < -0.39 is 30.7 Å². The van der Waals surface area contributed by atoms with Gasteiger partial charge >= 0.3 is 6.18 Å². The monoisotopic (exact) mass is 538 g/mol. The number of alkyl halides is 3. The minimum absolute atomic E-state index is 0.0386. The molecule has 2 fully saturated rings. The van der Waals surface area contributed by atoms with E-state index in [0.717, 1.165) is 12.8 Å². The van der Waals surface area contributed by atoms with E-state index in [-0.39, 0.29) is 45.1 Å². The maximum atomic E-state index is 13.5. The van der Waals surface area contributed by atoms with Crippen LogP contribution in [0, 0.1) is 11.7 Å².